The Morgan fingerprint density at radius 1 is 1.44 bits per heavy atom. The number of alkyl halides is 1. The number of carbonyl (C=O) groups excluding carboxylic acids is 1. The molecule has 1 aromatic rings. The van der Waals surface area contributed by atoms with Crippen molar-refractivity contribution in [3.8, 4) is 0 Å². The Hall–Kier alpha value is -1.52. The van der Waals surface area contributed by atoms with Gasteiger partial charge in [0.05, 0.1) is 0 Å². The minimum Gasteiger partial charge on any atom is -0.312 e. The Balaban J connectivity index is 1.58. The van der Waals surface area contributed by atoms with E-state index in [9.17, 15) is 13.2 Å². The standard InChI is InChI=1S/C15H15BrN4O3S2/c1-9(21)19-5-4-10-8-11(2-3-12(10)19)18-25(22,23)14-13(16)17-15-20(14)6-7-24-15/h2-3,6-8,13-14,18H,4-5H2,1H3. The van der Waals surface area contributed by atoms with Gasteiger partial charge in [0.25, 0.3) is 10.0 Å². The highest BCUT2D eigenvalue weighted by Gasteiger charge is 2.44. The molecule has 3 aliphatic heterocycles. The van der Waals surface area contributed by atoms with Crippen LogP contribution in [0.4, 0.5) is 11.4 Å². The van der Waals surface area contributed by atoms with Crippen molar-refractivity contribution in [3.63, 3.8) is 0 Å². The van der Waals surface area contributed by atoms with Gasteiger partial charge in [-0.05, 0) is 35.6 Å². The lowest BCUT2D eigenvalue weighted by molar-refractivity contribution is -0.116. The van der Waals surface area contributed by atoms with Gasteiger partial charge in [0.15, 0.2) is 10.5 Å². The van der Waals surface area contributed by atoms with E-state index >= 15 is 0 Å². The lowest BCUT2D eigenvalue weighted by Crippen LogP contribution is -2.42. The Morgan fingerprint density at radius 3 is 3.00 bits per heavy atom. The van der Waals surface area contributed by atoms with Gasteiger partial charge < -0.3 is 9.80 Å². The summed E-state index contributed by atoms with van der Waals surface area (Å²) in [6.45, 7) is 2.15. The number of carbonyl (C=O) groups is 1. The monoisotopic (exact) mass is 442 g/mol. The van der Waals surface area contributed by atoms with Crippen LogP contribution in [0.2, 0.25) is 0 Å². The number of thioether (sulfide) groups is 1. The number of aliphatic imine (C=N–C) groups is 1. The second-order valence-corrected chi connectivity index (χ2v) is 9.48. The molecule has 0 fully saturated rings. The number of hydrogen-bond donors (Lipinski definition) is 1. The lowest BCUT2D eigenvalue weighted by Gasteiger charge is -2.23. The predicted octanol–water partition coefficient (Wildman–Crippen LogP) is 2.27. The van der Waals surface area contributed by atoms with Crippen LogP contribution in [-0.2, 0) is 21.2 Å². The predicted molar refractivity (Wildman–Crippen MR) is 103 cm³/mol. The zero-order valence-corrected chi connectivity index (χ0v) is 16.4. The summed E-state index contributed by atoms with van der Waals surface area (Å²) < 4.78 is 28.4. The zero-order valence-electron chi connectivity index (χ0n) is 13.2. The number of hydrogen-bond acceptors (Lipinski definition) is 6. The maximum Gasteiger partial charge on any atom is 0.257 e. The highest BCUT2D eigenvalue weighted by molar-refractivity contribution is 9.09. The van der Waals surface area contributed by atoms with Crippen molar-refractivity contribution < 1.29 is 13.2 Å². The van der Waals surface area contributed by atoms with Crippen molar-refractivity contribution in [2.24, 2.45) is 4.99 Å². The van der Waals surface area contributed by atoms with E-state index in [1.54, 1.807) is 34.2 Å². The number of amidine groups is 1. The molecular weight excluding hydrogens is 428 g/mol. The van der Waals surface area contributed by atoms with E-state index in [2.05, 4.69) is 25.6 Å². The van der Waals surface area contributed by atoms with E-state index in [1.807, 2.05) is 5.41 Å². The average molecular weight is 443 g/mol. The lowest BCUT2D eigenvalue weighted by atomic mass is 10.1. The van der Waals surface area contributed by atoms with Crippen molar-refractivity contribution in [1.29, 1.82) is 0 Å². The smallest absolute Gasteiger partial charge is 0.257 e. The van der Waals surface area contributed by atoms with E-state index in [0.717, 1.165) is 11.3 Å². The molecule has 0 bridgehead atoms. The van der Waals surface area contributed by atoms with E-state index in [4.69, 9.17) is 0 Å². The summed E-state index contributed by atoms with van der Waals surface area (Å²) in [5.41, 5.74) is 2.30. The van der Waals surface area contributed by atoms with Crippen LogP contribution in [-0.4, -0.2) is 41.3 Å². The van der Waals surface area contributed by atoms with Gasteiger partial charge in [-0.15, -0.1) is 0 Å². The second-order valence-electron chi connectivity index (χ2n) is 5.90. The first-order valence-corrected chi connectivity index (χ1v) is 11.0. The van der Waals surface area contributed by atoms with Gasteiger partial charge in [0.1, 0.15) is 4.95 Å². The molecule has 7 nitrogen and oxygen atoms in total. The molecule has 0 saturated carbocycles. The molecule has 1 aromatic carbocycles. The molecule has 1 amide bonds. The van der Waals surface area contributed by atoms with Crippen molar-refractivity contribution in [2.75, 3.05) is 16.2 Å². The number of nitrogens with zero attached hydrogens (tertiary/aromatic N) is 3. The largest absolute Gasteiger partial charge is 0.312 e. The molecule has 0 radical (unpaired) electrons. The van der Waals surface area contributed by atoms with Crippen LogP contribution in [0, 0.1) is 0 Å². The molecular formula is C15H15BrN4O3S2. The van der Waals surface area contributed by atoms with E-state index in [-0.39, 0.29) is 5.91 Å². The summed E-state index contributed by atoms with van der Waals surface area (Å²) in [6, 6.07) is 5.27. The summed E-state index contributed by atoms with van der Waals surface area (Å²) in [4.78, 5) is 18.8. The van der Waals surface area contributed by atoms with Crippen LogP contribution in [0.15, 0.2) is 34.8 Å². The van der Waals surface area contributed by atoms with Crippen LogP contribution in [0.1, 0.15) is 12.5 Å². The van der Waals surface area contributed by atoms with Crippen LogP contribution >= 0.6 is 27.7 Å². The Morgan fingerprint density at radius 2 is 2.24 bits per heavy atom. The third-order valence-corrected chi connectivity index (χ3v) is 7.77. The summed E-state index contributed by atoms with van der Waals surface area (Å²) in [5, 5.41) is 1.64. The Bertz CT molecular complexity index is 915. The minimum atomic E-state index is -3.69. The molecule has 3 heterocycles. The van der Waals surface area contributed by atoms with Gasteiger partial charge in [-0.2, -0.15) is 0 Å². The third kappa shape index (κ3) is 2.85. The number of anilines is 2. The molecule has 0 spiro atoms. The fraction of sp³-hybridized carbons (Fsp3) is 0.333. The molecule has 0 saturated heterocycles. The van der Waals surface area contributed by atoms with Gasteiger partial charge in [-0.1, -0.05) is 27.7 Å². The summed E-state index contributed by atoms with van der Waals surface area (Å²) in [7, 11) is -3.69. The van der Waals surface area contributed by atoms with Gasteiger partial charge in [0, 0.05) is 31.0 Å². The fourth-order valence-corrected chi connectivity index (χ4v) is 6.88. The van der Waals surface area contributed by atoms with Crippen LogP contribution in [0.5, 0.6) is 0 Å². The molecule has 132 valence electrons. The topological polar surface area (TPSA) is 82.1 Å². The number of sulfonamides is 1. The molecule has 0 aliphatic carbocycles. The molecule has 2 atom stereocenters. The van der Waals surface area contributed by atoms with E-state index in [1.165, 1.54) is 18.7 Å². The SMILES string of the molecule is CC(=O)N1CCc2cc(NS(=O)(=O)C3C(Br)N=C4SC=CN43)ccc21. The number of benzene rings is 1. The van der Waals surface area contributed by atoms with Crippen molar-refractivity contribution in [1.82, 2.24) is 4.90 Å². The number of amides is 1. The molecule has 3 aliphatic rings. The van der Waals surface area contributed by atoms with Crippen molar-refractivity contribution >= 4 is 60.2 Å². The normalized spacial score (nSPS) is 24.3. The summed E-state index contributed by atoms with van der Waals surface area (Å²) in [5.74, 6) is -0.0110. The van der Waals surface area contributed by atoms with E-state index in [0.29, 0.717) is 23.8 Å². The molecule has 0 aromatic heterocycles. The Kier molecular flexibility index (Phi) is 4.08. The van der Waals surface area contributed by atoms with Crippen LogP contribution in [0.25, 0.3) is 0 Å². The summed E-state index contributed by atoms with van der Waals surface area (Å²) >= 11 is 4.74. The highest BCUT2D eigenvalue weighted by Crippen LogP contribution is 2.36. The highest BCUT2D eigenvalue weighted by atomic mass is 79.9. The first kappa shape index (κ1) is 16.9. The van der Waals surface area contributed by atoms with Gasteiger partial charge in [-0.3, -0.25) is 9.52 Å². The Labute approximate surface area is 158 Å². The number of rotatable bonds is 3. The van der Waals surface area contributed by atoms with Crippen LogP contribution < -0.4 is 9.62 Å². The number of halogens is 1. The molecule has 25 heavy (non-hydrogen) atoms. The molecule has 4 rings (SSSR count). The van der Waals surface area contributed by atoms with Gasteiger partial charge in [-0.25, -0.2) is 13.4 Å². The maximum absolute atomic E-state index is 12.9. The molecule has 10 heteroatoms. The second kappa shape index (κ2) is 6.03. The zero-order chi connectivity index (χ0) is 17.8. The van der Waals surface area contributed by atoms with Crippen LogP contribution in [0.3, 0.4) is 0 Å². The quantitative estimate of drug-likeness (QED) is 0.573. The van der Waals surface area contributed by atoms with Crippen molar-refractivity contribution in [3.05, 3.63) is 35.4 Å². The third-order valence-electron chi connectivity index (χ3n) is 4.29. The fourth-order valence-electron chi connectivity index (χ4n) is 3.19. The molecule has 2 unspecified atom stereocenters. The van der Waals surface area contributed by atoms with Crippen molar-refractivity contribution in [2.45, 2.75) is 23.7 Å². The van der Waals surface area contributed by atoms with Gasteiger partial charge >= 0.3 is 0 Å². The first-order valence-electron chi connectivity index (χ1n) is 7.63. The average Bonchev–Trinajstić information content (AvgIpc) is 3.19. The summed E-state index contributed by atoms with van der Waals surface area (Å²) in [6.07, 6.45) is 2.44. The van der Waals surface area contributed by atoms with Gasteiger partial charge in [0.2, 0.25) is 5.91 Å². The minimum absolute atomic E-state index is 0.0110. The maximum atomic E-state index is 12.9. The first-order chi connectivity index (χ1) is 11.9. The molecule has 1 N–H and O–H groups in total. The number of nitrogens with one attached hydrogen (secondary N) is 1. The van der Waals surface area contributed by atoms with E-state index < -0.39 is 20.3 Å². The number of fused-ring (bicyclic) bond motifs is 2.